The largest absolute Gasteiger partial charge is 0.370 e. The van der Waals surface area contributed by atoms with Crippen molar-refractivity contribution in [1.29, 1.82) is 0 Å². The standard InChI is InChI=1S/C28H37N9O.C22H31N9O/c1-3-37(4-2)16-8-14-29-25-19-26(31-27-18-23(34-35-27)21-11-12-21)33-28(32-25)30-15-13-22-17-24(36-38-22)20-9-6-5-7-10-20;1-14(2)17-10-16(32-29-17)13-23-22-25-19(24-20-11-18(27-28-20)15-4-5-15)12-21(26-22)31-8-6-30(3)7-9-31/h5-7,9-10,17-19,21H,3-4,8,11-16H2,1-2H3,(H4,29,30,31,32,33,34,35);10-12,14-15H,4-9,13H2,1-3H3,(H3,23,24,25,26,27,28). The number of nitrogens with one attached hydrogen (secondary N) is 7. The van der Waals surface area contributed by atoms with Crippen molar-refractivity contribution < 1.29 is 9.05 Å². The van der Waals surface area contributed by atoms with Crippen LogP contribution >= 0.6 is 0 Å². The van der Waals surface area contributed by atoms with E-state index in [1.165, 1.54) is 37.1 Å². The van der Waals surface area contributed by atoms with E-state index in [9.17, 15) is 0 Å². The lowest BCUT2D eigenvalue weighted by Crippen LogP contribution is -2.44. The van der Waals surface area contributed by atoms with Crippen LogP contribution in [0.3, 0.4) is 0 Å². The second-order valence-corrected chi connectivity index (χ2v) is 18.7. The fourth-order valence-corrected chi connectivity index (χ4v) is 8.11. The maximum atomic E-state index is 5.54. The van der Waals surface area contributed by atoms with E-state index in [0.29, 0.717) is 60.8 Å². The highest BCUT2D eigenvalue weighted by Gasteiger charge is 2.27. The molecule has 7 aromatic rings. The van der Waals surface area contributed by atoms with Crippen LogP contribution in [0.2, 0.25) is 0 Å². The van der Waals surface area contributed by atoms with E-state index in [1.54, 1.807) is 0 Å². The van der Waals surface area contributed by atoms with Crippen LogP contribution in [-0.4, -0.2) is 126 Å². The first-order valence-corrected chi connectivity index (χ1v) is 25.0. The number of piperazine rings is 1. The average Bonchev–Trinajstić information content (AvgIpc) is 4.15. The zero-order chi connectivity index (χ0) is 48.2. The first-order valence-electron chi connectivity index (χ1n) is 25.0. The summed E-state index contributed by atoms with van der Waals surface area (Å²) in [5.41, 5.74) is 5.18. The molecule has 20 heteroatoms. The third kappa shape index (κ3) is 13.6. The van der Waals surface area contributed by atoms with Gasteiger partial charge in [0.05, 0.1) is 12.2 Å². The predicted molar refractivity (Wildman–Crippen MR) is 274 cm³/mol. The van der Waals surface area contributed by atoms with Crippen LogP contribution < -0.4 is 31.5 Å². The highest BCUT2D eigenvalue weighted by molar-refractivity contribution is 5.61. The fraction of sp³-hybridized carbons (Fsp3) is 0.480. The van der Waals surface area contributed by atoms with Gasteiger partial charge in [0.2, 0.25) is 11.9 Å². The summed E-state index contributed by atoms with van der Waals surface area (Å²) < 4.78 is 11.0. The molecule has 0 amide bonds. The number of rotatable bonds is 23. The minimum Gasteiger partial charge on any atom is -0.370 e. The van der Waals surface area contributed by atoms with Gasteiger partial charge in [-0.05, 0) is 64.7 Å². The zero-order valence-corrected chi connectivity index (χ0v) is 41.1. The number of anilines is 8. The normalized spacial score (nSPS) is 15.0. The minimum atomic E-state index is 0.328. The van der Waals surface area contributed by atoms with Crippen LogP contribution in [0, 0.1) is 0 Å². The zero-order valence-electron chi connectivity index (χ0n) is 41.1. The molecule has 10 rings (SSSR count). The monoisotopic (exact) mass is 953 g/mol. The van der Waals surface area contributed by atoms with Gasteiger partial charge < -0.3 is 50.3 Å². The molecule has 1 aromatic carbocycles. The van der Waals surface area contributed by atoms with Crippen LogP contribution in [0.5, 0.6) is 0 Å². The molecule has 6 aromatic heterocycles. The molecule has 0 bridgehead atoms. The number of aromatic nitrogens is 10. The Kier molecular flexibility index (Phi) is 15.8. The molecule has 7 N–H and O–H groups in total. The van der Waals surface area contributed by atoms with E-state index in [4.69, 9.17) is 19.0 Å². The molecule has 1 saturated heterocycles. The van der Waals surface area contributed by atoms with Gasteiger partial charge >= 0.3 is 0 Å². The van der Waals surface area contributed by atoms with Crippen molar-refractivity contribution in [2.24, 2.45) is 0 Å². The van der Waals surface area contributed by atoms with Crippen LogP contribution in [0.25, 0.3) is 11.3 Å². The number of hydrogen-bond donors (Lipinski definition) is 7. The number of aromatic amines is 2. The third-order valence-corrected chi connectivity index (χ3v) is 12.7. The predicted octanol–water partition coefficient (Wildman–Crippen LogP) is 8.57. The first kappa shape index (κ1) is 48.0. The first-order chi connectivity index (χ1) is 34.2. The Bertz CT molecular complexity index is 2690. The molecule has 7 heterocycles. The van der Waals surface area contributed by atoms with Gasteiger partial charge in [-0.15, -0.1) is 0 Å². The van der Waals surface area contributed by atoms with Crippen LogP contribution in [-0.2, 0) is 13.0 Å². The van der Waals surface area contributed by atoms with Gasteiger partial charge in [-0.3, -0.25) is 10.2 Å². The minimum absolute atomic E-state index is 0.328. The van der Waals surface area contributed by atoms with Crippen molar-refractivity contribution in [2.45, 2.75) is 90.5 Å². The maximum absolute atomic E-state index is 5.54. The average molecular weight is 953 g/mol. The van der Waals surface area contributed by atoms with E-state index in [-0.39, 0.29) is 0 Å². The molecular weight excluding hydrogens is 885 g/mol. The maximum Gasteiger partial charge on any atom is 0.227 e. The summed E-state index contributed by atoms with van der Waals surface area (Å²) in [6.45, 7) is 17.6. The Balaban J connectivity index is 0.000000176. The Hall–Kier alpha value is -7.06. The summed E-state index contributed by atoms with van der Waals surface area (Å²) in [4.78, 5) is 25.9. The van der Waals surface area contributed by atoms with Crippen molar-refractivity contribution >= 4 is 46.8 Å². The van der Waals surface area contributed by atoms with Gasteiger partial charge in [0.25, 0.3) is 0 Å². The lowest BCUT2D eigenvalue weighted by Gasteiger charge is -2.33. The van der Waals surface area contributed by atoms with Crippen LogP contribution in [0.4, 0.5) is 46.8 Å². The summed E-state index contributed by atoms with van der Waals surface area (Å²) in [6, 6.07) is 22.0. The molecule has 2 aliphatic carbocycles. The van der Waals surface area contributed by atoms with Crippen LogP contribution in [0.15, 0.2) is 75.8 Å². The highest BCUT2D eigenvalue weighted by Crippen LogP contribution is 2.40. The Morgan fingerprint density at radius 1 is 0.671 bits per heavy atom. The summed E-state index contributed by atoms with van der Waals surface area (Å²) in [7, 11) is 2.15. The number of benzene rings is 1. The van der Waals surface area contributed by atoms with Crippen molar-refractivity contribution in [2.75, 3.05) is 97.4 Å². The summed E-state index contributed by atoms with van der Waals surface area (Å²) in [6.07, 6.45) is 6.62. The number of nitrogens with zero attached hydrogens (tertiary/aromatic N) is 11. The van der Waals surface area contributed by atoms with E-state index in [2.05, 4.69) is 129 Å². The Morgan fingerprint density at radius 3 is 1.96 bits per heavy atom. The number of likely N-dealkylation sites (N-methyl/N-ethyl adjacent to an activating group) is 1. The molecule has 2 saturated carbocycles. The molecule has 70 heavy (non-hydrogen) atoms. The van der Waals surface area contributed by atoms with E-state index >= 15 is 0 Å². The second kappa shape index (κ2) is 23.0. The van der Waals surface area contributed by atoms with Crippen LogP contribution in [0.1, 0.15) is 106 Å². The van der Waals surface area contributed by atoms with Gasteiger partial charge in [0.1, 0.15) is 34.7 Å². The molecule has 0 radical (unpaired) electrons. The third-order valence-electron chi connectivity index (χ3n) is 12.7. The van der Waals surface area contributed by atoms with E-state index in [1.807, 2.05) is 54.6 Å². The van der Waals surface area contributed by atoms with Crippen molar-refractivity contribution in [3.05, 3.63) is 95.3 Å². The van der Waals surface area contributed by atoms with Crippen molar-refractivity contribution in [1.82, 2.24) is 60.4 Å². The van der Waals surface area contributed by atoms with Gasteiger partial charge in [0.15, 0.2) is 17.4 Å². The SMILES string of the molecule is CC(C)c1cc(CNc2nc(Nc3cc(C4CC4)[nH]n3)cc(N3CCN(C)CC3)n2)on1.CCN(CC)CCCNc1cc(Nc2cc(C3CC3)[nH]n2)nc(NCCc2cc(-c3ccccc3)no2)n1. The topological polar surface area (TPSA) is 231 Å². The number of H-pyrrole nitrogens is 2. The highest BCUT2D eigenvalue weighted by atomic mass is 16.5. The van der Waals surface area contributed by atoms with Crippen molar-refractivity contribution in [3.63, 3.8) is 0 Å². The molecule has 370 valence electrons. The van der Waals surface area contributed by atoms with Gasteiger partial charge in [-0.1, -0.05) is 68.3 Å². The Labute approximate surface area is 409 Å². The number of hydrogen-bond acceptors (Lipinski definition) is 18. The lowest BCUT2D eigenvalue weighted by molar-refractivity contribution is 0.303. The van der Waals surface area contributed by atoms with Gasteiger partial charge in [-0.2, -0.15) is 30.1 Å². The van der Waals surface area contributed by atoms with E-state index < -0.39 is 0 Å². The molecule has 3 fully saturated rings. The molecule has 0 atom stereocenters. The summed E-state index contributed by atoms with van der Waals surface area (Å²) >= 11 is 0. The molecule has 0 spiro atoms. The lowest BCUT2D eigenvalue weighted by atomic mass is 10.1. The molecule has 1 aliphatic heterocycles. The fourth-order valence-electron chi connectivity index (χ4n) is 8.11. The quantitative estimate of drug-likeness (QED) is 0.0298. The molecule has 3 aliphatic rings. The van der Waals surface area contributed by atoms with Crippen molar-refractivity contribution in [3.8, 4) is 11.3 Å². The summed E-state index contributed by atoms with van der Waals surface area (Å²) in [5.74, 6) is 8.84. The van der Waals surface area contributed by atoms with Gasteiger partial charge in [-0.25, -0.2) is 0 Å². The molecule has 20 nitrogen and oxygen atoms in total. The second-order valence-electron chi connectivity index (χ2n) is 18.7. The molecule has 0 unspecified atom stereocenters. The summed E-state index contributed by atoms with van der Waals surface area (Å²) in [5, 5.41) is 40.2. The molecular formula is C50H68N18O2. The van der Waals surface area contributed by atoms with E-state index in [0.717, 1.165) is 111 Å². The Morgan fingerprint density at radius 2 is 1.31 bits per heavy atom. The van der Waals surface area contributed by atoms with Gasteiger partial charge in [0, 0.05) is 111 Å². The smallest absolute Gasteiger partial charge is 0.227 e.